The SMILES string of the molecule is C=C(N)/C=C\C(=C)CCCC. The van der Waals surface area contributed by atoms with Crippen molar-refractivity contribution < 1.29 is 0 Å². The van der Waals surface area contributed by atoms with Gasteiger partial charge in [-0.3, -0.25) is 0 Å². The molecule has 1 heteroatoms. The highest BCUT2D eigenvalue weighted by molar-refractivity contribution is 5.22. The molecule has 0 amide bonds. The summed E-state index contributed by atoms with van der Waals surface area (Å²) >= 11 is 0. The molecular weight excluding hydrogens is 134 g/mol. The summed E-state index contributed by atoms with van der Waals surface area (Å²) in [5, 5.41) is 0. The van der Waals surface area contributed by atoms with Crippen molar-refractivity contribution in [2.24, 2.45) is 5.73 Å². The van der Waals surface area contributed by atoms with Crippen molar-refractivity contribution in [1.82, 2.24) is 0 Å². The van der Waals surface area contributed by atoms with Crippen molar-refractivity contribution in [3.8, 4) is 0 Å². The highest BCUT2D eigenvalue weighted by atomic mass is 14.5. The van der Waals surface area contributed by atoms with Crippen molar-refractivity contribution in [3.05, 3.63) is 36.6 Å². The molecule has 0 atom stereocenters. The van der Waals surface area contributed by atoms with E-state index in [2.05, 4.69) is 20.1 Å². The Hall–Kier alpha value is -0.980. The van der Waals surface area contributed by atoms with Gasteiger partial charge in [0.15, 0.2) is 0 Å². The molecule has 1 nitrogen and oxygen atoms in total. The maximum Gasteiger partial charge on any atom is 0.0241 e. The fourth-order valence-corrected chi connectivity index (χ4v) is 0.712. The van der Waals surface area contributed by atoms with E-state index in [9.17, 15) is 0 Å². The first-order chi connectivity index (χ1) is 5.16. The van der Waals surface area contributed by atoms with Gasteiger partial charge in [-0.25, -0.2) is 0 Å². The molecule has 0 rings (SSSR count). The van der Waals surface area contributed by atoms with Crippen LogP contribution in [-0.2, 0) is 0 Å². The van der Waals surface area contributed by atoms with E-state index in [1.807, 2.05) is 6.08 Å². The molecule has 11 heavy (non-hydrogen) atoms. The Morgan fingerprint density at radius 3 is 2.45 bits per heavy atom. The van der Waals surface area contributed by atoms with E-state index in [1.54, 1.807) is 6.08 Å². The smallest absolute Gasteiger partial charge is 0.0241 e. The van der Waals surface area contributed by atoms with Gasteiger partial charge in [0.2, 0.25) is 0 Å². The number of allylic oxidation sites excluding steroid dienone is 3. The molecule has 0 aliphatic heterocycles. The van der Waals surface area contributed by atoms with Gasteiger partial charge < -0.3 is 5.73 Å². The van der Waals surface area contributed by atoms with Crippen LogP contribution in [0.5, 0.6) is 0 Å². The predicted molar refractivity (Wildman–Crippen MR) is 51.1 cm³/mol. The molecule has 0 aromatic rings. The van der Waals surface area contributed by atoms with Gasteiger partial charge in [-0.05, 0) is 18.9 Å². The summed E-state index contributed by atoms with van der Waals surface area (Å²) in [6, 6.07) is 0. The Bertz CT molecular complexity index is 166. The fourth-order valence-electron chi connectivity index (χ4n) is 0.712. The van der Waals surface area contributed by atoms with Gasteiger partial charge >= 0.3 is 0 Å². The summed E-state index contributed by atoms with van der Waals surface area (Å²) in [6.45, 7) is 9.60. The summed E-state index contributed by atoms with van der Waals surface area (Å²) in [4.78, 5) is 0. The van der Waals surface area contributed by atoms with Gasteiger partial charge in [0.1, 0.15) is 0 Å². The largest absolute Gasteiger partial charge is 0.399 e. The van der Waals surface area contributed by atoms with E-state index in [0.717, 1.165) is 12.0 Å². The minimum Gasteiger partial charge on any atom is -0.399 e. The van der Waals surface area contributed by atoms with E-state index in [1.165, 1.54) is 12.8 Å². The van der Waals surface area contributed by atoms with Crippen molar-refractivity contribution in [2.75, 3.05) is 0 Å². The van der Waals surface area contributed by atoms with Crippen molar-refractivity contribution in [2.45, 2.75) is 26.2 Å². The minimum atomic E-state index is 0.586. The standard InChI is InChI=1S/C10H17N/c1-4-5-6-9(2)7-8-10(3)11/h7-8H,2-6,11H2,1H3/b8-7-. The second-order valence-corrected chi connectivity index (χ2v) is 2.67. The Labute approximate surface area is 69.3 Å². The lowest BCUT2D eigenvalue weighted by atomic mass is 10.1. The summed E-state index contributed by atoms with van der Waals surface area (Å²) < 4.78 is 0. The molecule has 0 aliphatic carbocycles. The minimum absolute atomic E-state index is 0.586. The lowest BCUT2D eigenvalue weighted by Gasteiger charge is -1.96. The van der Waals surface area contributed by atoms with Gasteiger partial charge in [-0.15, -0.1) is 0 Å². The molecule has 0 aromatic carbocycles. The van der Waals surface area contributed by atoms with Crippen molar-refractivity contribution in [1.29, 1.82) is 0 Å². The second-order valence-electron chi connectivity index (χ2n) is 2.67. The maximum atomic E-state index is 5.35. The first-order valence-corrected chi connectivity index (χ1v) is 3.97. The van der Waals surface area contributed by atoms with Gasteiger partial charge in [0.25, 0.3) is 0 Å². The van der Waals surface area contributed by atoms with Crippen molar-refractivity contribution >= 4 is 0 Å². The van der Waals surface area contributed by atoms with Crippen LogP contribution in [-0.4, -0.2) is 0 Å². The number of hydrogen-bond donors (Lipinski definition) is 1. The van der Waals surface area contributed by atoms with Crippen LogP contribution in [0.2, 0.25) is 0 Å². The Morgan fingerprint density at radius 1 is 1.36 bits per heavy atom. The molecule has 62 valence electrons. The molecule has 0 heterocycles. The maximum absolute atomic E-state index is 5.35. The monoisotopic (exact) mass is 151 g/mol. The third-order valence-corrected chi connectivity index (χ3v) is 1.38. The molecular formula is C10H17N. The van der Waals surface area contributed by atoms with Crippen LogP contribution in [0, 0.1) is 0 Å². The molecule has 0 saturated carbocycles. The summed E-state index contributed by atoms with van der Waals surface area (Å²) in [7, 11) is 0. The molecule has 0 aromatic heterocycles. The van der Waals surface area contributed by atoms with E-state index < -0.39 is 0 Å². The topological polar surface area (TPSA) is 26.0 Å². The van der Waals surface area contributed by atoms with Crippen LogP contribution in [0.3, 0.4) is 0 Å². The summed E-state index contributed by atoms with van der Waals surface area (Å²) in [6.07, 6.45) is 7.17. The van der Waals surface area contributed by atoms with E-state index in [0.29, 0.717) is 5.70 Å². The zero-order valence-corrected chi connectivity index (χ0v) is 7.27. The zero-order chi connectivity index (χ0) is 8.69. The number of hydrogen-bond acceptors (Lipinski definition) is 1. The predicted octanol–water partition coefficient (Wildman–Crippen LogP) is 2.76. The molecule has 0 fully saturated rings. The molecule has 0 bridgehead atoms. The Kier molecular flexibility index (Phi) is 5.26. The van der Waals surface area contributed by atoms with Crippen LogP contribution >= 0.6 is 0 Å². The van der Waals surface area contributed by atoms with Crippen LogP contribution < -0.4 is 5.73 Å². The molecule has 0 radical (unpaired) electrons. The Morgan fingerprint density at radius 2 is 2.00 bits per heavy atom. The molecule has 2 N–H and O–H groups in total. The van der Waals surface area contributed by atoms with E-state index in [-0.39, 0.29) is 0 Å². The number of nitrogens with two attached hydrogens (primary N) is 1. The highest BCUT2D eigenvalue weighted by Gasteiger charge is 1.86. The van der Waals surface area contributed by atoms with E-state index in [4.69, 9.17) is 5.73 Å². The van der Waals surface area contributed by atoms with E-state index >= 15 is 0 Å². The van der Waals surface area contributed by atoms with Gasteiger partial charge in [0.05, 0.1) is 0 Å². The number of unbranched alkanes of at least 4 members (excludes halogenated alkanes) is 1. The first-order valence-electron chi connectivity index (χ1n) is 3.97. The average Bonchev–Trinajstić information content (AvgIpc) is 1.97. The lowest BCUT2D eigenvalue weighted by molar-refractivity contribution is 0.799. The molecule has 0 spiro atoms. The number of rotatable bonds is 5. The van der Waals surface area contributed by atoms with Crippen LogP contribution in [0.15, 0.2) is 36.6 Å². The fraction of sp³-hybridized carbons (Fsp3) is 0.400. The average molecular weight is 151 g/mol. The molecule has 0 saturated heterocycles. The Balaban J connectivity index is 3.60. The van der Waals surface area contributed by atoms with Gasteiger partial charge in [-0.1, -0.05) is 38.2 Å². The highest BCUT2D eigenvalue weighted by Crippen LogP contribution is 2.06. The summed E-state index contributed by atoms with van der Waals surface area (Å²) in [5.74, 6) is 0. The van der Waals surface area contributed by atoms with Crippen LogP contribution in [0.25, 0.3) is 0 Å². The van der Waals surface area contributed by atoms with Crippen molar-refractivity contribution in [3.63, 3.8) is 0 Å². The second kappa shape index (κ2) is 5.78. The van der Waals surface area contributed by atoms with Crippen LogP contribution in [0.1, 0.15) is 26.2 Å². The van der Waals surface area contributed by atoms with Gasteiger partial charge in [-0.2, -0.15) is 0 Å². The lowest BCUT2D eigenvalue weighted by Crippen LogP contribution is -1.88. The molecule has 0 aliphatic rings. The van der Waals surface area contributed by atoms with Gasteiger partial charge in [0, 0.05) is 5.70 Å². The summed E-state index contributed by atoms with van der Waals surface area (Å²) in [5.41, 5.74) is 7.06. The quantitative estimate of drug-likeness (QED) is 0.601. The molecule has 0 unspecified atom stereocenters. The zero-order valence-electron chi connectivity index (χ0n) is 7.27. The normalized spacial score (nSPS) is 10.3. The third kappa shape index (κ3) is 6.91. The first kappa shape index (κ1) is 10.0. The third-order valence-electron chi connectivity index (χ3n) is 1.38. The van der Waals surface area contributed by atoms with Crippen LogP contribution in [0.4, 0.5) is 0 Å².